The van der Waals surface area contributed by atoms with Gasteiger partial charge in [0.15, 0.2) is 0 Å². The van der Waals surface area contributed by atoms with Gasteiger partial charge >= 0.3 is 5.69 Å². The molecule has 3 rings (SSSR count). The highest BCUT2D eigenvalue weighted by atomic mass is 16.2. The van der Waals surface area contributed by atoms with Crippen LogP contribution in [0.4, 0.5) is 0 Å². The predicted octanol–water partition coefficient (Wildman–Crippen LogP) is -1.13. The molecule has 1 amide bonds. The van der Waals surface area contributed by atoms with Gasteiger partial charge in [-0.1, -0.05) is 0 Å². The molecule has 0 spiro atoms. The number of H-pyrrole nitrogens is 2. The van der Waals surface area contributed by atoms with E-state index in [4.69, 9.17) is 5.73 Å². The summed E-state index contributed by atoms with van der Waals surface area (Å²) in [6, 6.07) is 1.10. The summed E-state index contributed by atoms with van der Waals surface area (Å²) in [6.07, 6.45) is 2.37. The van der Waals surface area contributed by atoms with E-state index >= 15 is 0 Å². The lowest BCUT2D eigenvalue weighted by molar-refractivity contribution is 0.0778. The summed E-state index contributed by atoms with van der Waals surface area (Å²) in [5.41, 5.74) is 4.83. The summed E-state index contributed by atoms with van der Waals surface area (Å²) in [5.74, 6) is 0.644. The van der Waals surface area contributed by atoms with Gasteiger partial charge in [0.2, 0.25) is 0 Å². The molecule has 1 aliphatic carbocycles. The van der Waals surface area contributed by atoms with Crippen molar-refractivity contribution in [3.05, 3.63) is 32.6 Å². The molecule has 19 heavy (non-hydrogen) atoms. The number of carbonyl (C=O) groups excluding carboxylic acids is 1. The number of carbonyl (C=O) groups is 1. The summed E-state index contributed by atoms with van der Waals surface area (Å²) >= 11 is 0. The molecule has 7 heteroatoms. The molecule has 1 aromatic rings. The van der Waals surface area contributed by atoms with Gasteiger partial charge in [-0.05, 0) is 24.7 Å². The number of nitrogens with one attached hydrogen (secondary N) is 2. The zero-order valence-corrected chi connectivity index (χ0v) is 10.4. The molecule has 0 aromatic carbocycles. The molecular formula is C12H16N4O3. The maximum atomic E-state index is 12.2. The van der Waals surface area contributed by atoms with Crippen LogP contribution in [0.5, 0.6) is 0 Å². The molecule has 1 aliphatic heterocycles. The molecule has 1 saturated heterocycles. The van der Waals surface area contributed by atoms with Crippen LogP contribution in [0.25, 0.3) is 0 Å². The molecule has 0 unspecified atom stereocenters. The number of rotatable bonds is 2. The molecule has 7 nitrogen and oxygen atoms in total. The number of nitrogens with two attached hydrogens (primary N) is 1. The van der Waals surface area contributed by atoms with Gasteiger partial charge in [-0.2, -0.15) is 0 Å². The van der Waals surface area contributed by atoms with Crippen LogP contribution in [0.3, 0.4) is 0 Å². The summed E-state index contributed by atoms with van der Waals surface area (Å²) in [7, 11) is 0. The van der Waals surface area contributed by atoms with Crippen LogP contribution in [0.15, 0.2) is 15.7 Å². The Hall–Kier alpha value is -1.89. The van der Waals surface area contributed by atoms with Crippen LogP contribution in [0.1, 0.15) is 23.3 Å². The van der Waals surface area contributed by atoms with Crippen molar-refractivity contribution in [2.75, 3.05) is 13.1 Å². The zero-order valence-electron chi connectivity index (χ0n) is 10.4. The molecule has 1 saturated carbocycles. The van der Waals surface area contributed by atoms with Crippen LogP contribution in [-0.2, 0) is 0 Å². The Morgan fingerprint density at radius 3 is 2.63 bits per heavy atom. The van der Waals surface area contributed by atoms with E-state index in [-0.39, 0.29) is 17.6 Å². The fourth-order valence-corrected chi connectivity index (χ4v) is 2.80. The smallest absolute Gasteiger partial charge is 0.326 e. The minimum absolute atomic E-state index is 0.00910. The predicted molar refractivity (Wildman–Crippen MR) is 67.8 cm³/mol. The van der Waals surface area contributed by atoms with Gasteiger partial charge in [-0.15, -0.1) is 0 Å². The van der Waals surface area contributed by atoms with Gasteiger partial charge in [-0.25, -0.2) is 4.79 Å². The molecule has 4 N–H and O–H groups in total. The van der Waals surface area contributed by atoms with E-state index in [9.17, 15) is 14.4 Å². The van der Waals surface area contributed by atoms with Crippen molar-refractivity contribution in [3.8, 4) is 0 Å². The van der Waals surface area contributed by atoms with Crippen molar-refractivity contribution in [3.63, 3.8) is 0 Å². The summed E-state index contributed by atoms with van der Waals surface area (Å²) in [4.78, 5) is 40.6. The van der Waals surface area contributed by atoms with E-state index in [1.807, 2.05) is 4.98 Å². The summed E-state index contributed by atoms with van der Waals surface area (Å²) < 4.78 is 0. The summed E-state index contributed by atoms with van der Waals surface area (Å²) in [5, 5.41) is 0. The first kappa shape index (κ1) is 12.2. The first-order chi connectivity index (χ1) is 9.04. The number of aromatic amines is 2. The van der Waals surface area contributed by atoms with Crippen LogP contribution in [-0.4, -0.2) is 39.9 Å². The highest BCUT2D eigenvalue weighted by Gasteiger charge is 2.42. The minimum atomic E-state index is -0.668. The first-order valence-corrected chi connectivity index (χ1v) is 6.43. The van der Waals surface area contributed by atoms with E-state index in [0.29, 0.717) is 24.9 Å². The van der Waals surface area contributed by atoms with Crippen molar-refractivity contribution < 1.29 is 4.79 Å². The molecule has 2 heterocycles. The second-order valence-electron chi connectivity index (χ2n) is 5.38. The van der Waals surface area contributed by atoms with E-state index < -0.39 is 11.2 Å². The van der Waals surface area contributed by atoms with E-state index in [1.165, 1.54) is 12.8 Å². The van der Waals surface area contributed by atoms with E-state index in [1.54, 1.807) is 4.90 Å². The minimum Gasteiger partial charge on any atom is -0.335 e. The Morgan fingerprint density at radius 1 is 1.26 bits per heavy atom. The zero-order chi connectivity index (χ0) is 13.6. The molecule has 2 fully saturated rings. The lowest BCUT2D eigenvalue weighted by Gasteiger charge is -2.15. The van der Waals surface area contributed by atoms with Crippen LogP contribution >= 0.6 is 0 Å². The Kier molecular flexibility index (Phi) is 2.78. The van der Waals surface area contributed by atoms with Crippen molar-refractivity contribution in [2.24, 2.45) is 17.6 Å². The maximum absolute atomic E-state index is 12.2. The quantitative estimate of drug-likeness (QED) is 0.627. The average Bonchev–Trinajstić information content (AvgIpc) is 3.10. The third-order valence-corrected chi connectivity index (χ3v) is 3.92. The normalized spacial score (nSPS) is 26.7. The molecule has 0 radical (unpaired) electrons. The monoisotopic (exact) mass is 264 g/mol. The Labute approximate surface area is 108 Å². The van der Waals surface area contributed by atoms with Gasteiger partial charge in [-0.3, -0.25) is 14.6 Å². The number of likely N-dealkylation sites (tertiary alicyclic amines) is 1. The van der Waals surface area contributed by atoms with Crippen LogP contribution in [0.2, 0.25) is 0 Å². The SMILES string of the molecule is N[C@@H]1CN(C(=O)c2cc(=O)[nH]c(=O)[nH]2)C[C@H]1C1CC1. The van der Waals surface area contributed by atoms with E-state index in [2.05, 4.69) is 4.98 Å². The Balaban J connectivity index is 1.80. The van der Waals surface area contributed by atoms with Gasteiger partial charge < -0.3 is 15.6 Å². The third kappa shape index (κ3) is 2.33. The van der Waals surface area contributed by atoms with Crippen LogP contribution in [0, 0.1) is 11.8 Å². The number of hydrogen-bond acceptors (Lipinski definition) is 4. The summed E-state index contributed by atoms with van der Waals surface area (Å²) in [6.45, 7) is 1.09. The topological polar surface area (TPSA) is 112 Å². The van der Waals surface area contributed by atoms with Crippen LogP contribution < -0.4 is 17.0 Å². The second kappa shape index (κ2) is 4.34. The molecule has 2 aliphatic rings. The molecule has 0 bridgehead atoms. The van der Waals surface area contributed by atoms with E-state index in [0.717, 1.165) is 6.07 Å². The van der Waals surface area contributed by atoms with Crippen molar-refractivity contribution in [2.45, 2.75) is 18.9 Å². The standard InChI is InChI=1S/C12H16N4O3/c13-8-5-16(4-7(8)6-1-2-6)11(18)9-3-10(17)15-12(19)14-9/h3,6-8H,1-2,4-5,13H2,(H2,14,15,17,19)/t7-,8+/m0/s1. The lowest BCUT2D eigenvalue weighted by atomic mass is 9.99. The molecule has 1 aromatic heterocycles. The number of nitrogens with zero attached hydrogens (tertiary/aromatic N) is 1. The lowest BCUT2D eigenvalue weighted by Crippen LogP contribution is -2.35. The Morgan fingerprint density at radius 2 is 2.00 bits per heavy atom. The number of amides is 1. The highest BCUT2D eigenvalue weighted by molar-refractivity contribution is 5.92. The number of hydrogen-bond donors (Lipinski definition) is 3. The largest absolute Gasteiger partial charge is 0.335 e. The van der Waals surface area contributed by atoms with Gasteiger partial charge in [0, 0.05) is 25.2 Å². The molecule has 102 valence electrons. The Bertz CT molecular complexity index is 588. The van der Waals surface area contributed by atoms with Crippen molar-refractivity contribution >= 4 is 5.91 Å². The fraction of sp³-hybridized carbons (Fsp3) is 0.583. The molecular weight excluding hydrogens is 248 g/mol. The van der Waals surface area contributed by atoms with Gasteiger partial charge in [0.05, 0.1) is 0 Å². The molecule has 2 atom stereocenters. The van der Waals surface area contributed by atoms with Gasteiger partial charge in [0.1, 0.15) is 5.69 Å². The van der Waals surface area contributed by atoms with Gasteiger partial charge in [0.25, 0.3) is 11.5 Å². The van der Waals surface area contributed by atoms with Crippen molar-refractivity contribution in [1.82, 2.24) is 14.9 Å². The highest BCUT2D eigenvalue weighted by Crippen LogP contribution is 2.40. The first-order valence-electron chi connectivity index (χ1n) is 6.43. The maximum Gasteiger partial charge on any atom is 0.326 e. The fourth-order valence-electron chi connectivity index (χ4n) is 2.80. The average molecular weight is 264 g/mol. The third-order valence-electron chi connectivity index (χ3n) is 3.92. The second-order valence-corrected chi connectivity index (χ2v) is 5.38. The number of aromatic nitrogens is 2. The van der Waals surface area contributed by atoms with Crippen molar-refractivity contribution in [1.29, 1.82) is 0 Å².